The van der Waals surface area contributed by atoms with Gasteiger partial charge in [-0.15, -0.1) is 0 Å². The van der Waals surface area contributed by atoms with Gasteiger partial charge in [-0.1, -0.05) is 13.8 Å². The number of methoxy groups -OCH3 is 2. The maximum Gasteiger partial charge on any atom is 0.161 e. The molecule has 0 spiro atoms. The Bertz CT molecular complexity index is 534. The molecule has 3 rings (SSSR count). The smallest absolute Gasteiger partial charge is 0.161 e. The van der Waals surface area contributed by atoms with Crippen molar-refractivity contribution in [2.24, 2.45) is 11.7 Å². The van der Waals surface area contributed by atoms with Crippen molar-refractivity contribution in [1.29, 1.82) is 0 Å². The van der Waals surface area contributed by atoms with E-state index < -0.39 is 0 Å². The van der Waals surface area contributed by atoms with Crippen molar-refractivity contribution in [3.63, 3.8) is 0 Å². The number of nitrogens with two attached hydrogens (primary N) is 1. The summed E-state index contributed by atoms with van der Waals surface area (Å²) in [4.78, 5) is 2.57. The van der Waals surface area contributed by atoms with Gasteiger partial charge in [0.15, 0.2) is 11.5 Å². The van der Waals surface area contributed by atoms with Crippen LogP contribution in [0.4, 0.5) is 0 Å². The molecular weight excluding hydrogens is 304 g/mol. The lowest BCUT2D eigenvalue weighted by molar-refractivity contribution is -0.0749. The lowest BCUT2D eigenvalue weighted by Gasteiger charge is -2.44. The fourth-order valence-electron chi connectivity index (χ4n) is 3.70. The summed E-state index contributed by atoms with van der Waals surface area (Å²) in [6.07, 6.45) is 2.58. The molecule has 24 heavy (non-hydrogen) atoms. The second kappa shape index (κ2) is 8.70. The maximum atomic E-state index is 6.13. The van der Waals surface area contributed by atoms with Crippen LogP contribution >= 0.6 is 0 Å². The maximum absolute atomic E-state index is 6.13. The molecule has 5 heteroatoms. The minimum absolute atomic E-state index is 0.354. The lowest BCUT2D eigenvalue weighted by atomic mass is 9.90. The van der Waals surface area contributed by atoms with E-state index in [0.717, 1.165) is 44.0 Å². The fourth-order valence-corrected chi connectivity index (χ4v) is 3.70. The minimum atomic E-state index is 0.354. The molecule has 2 aliphatic heterocycles. The number of morpholine rings is 1. The molecule has 2 atom stereocenters. The summed E-state index contributed by atoms with van der Waals surface area (Å²) in [6, 6.07) is 4.62. The van der Waals surface area contributed by atoms with E-state index in [2.05, 4.69) is 36.6 Å². The number of ether oxygens (including phenoxy) is 3. The second-order valence-electron chi connectivity index (χ2n) is 6.75. The molecule has 0 bridgehead atoms. The van der Waals surface area contributed by atoms with Gasteiger partial charge in [-0.3, -0.25) is 4.90 Å². The number of hydrogen-bond acceptors (Lipinski definition) is 5. The molecular formula is C19H32N2O3. The normalized spacial score (nSPS) is 23.0. The van der Waals surface area contributed by atoms with Gasteiger partial charge in [-0.2, -0.15) is 0 Å². The molecule has 0 aromatic heterocycles. The molecule has 2 aliphatic rings. The monoisotopic (exact) mass is 336 g/mol. The Kier molecular flexibility index (Phi) is 6.90. The van der Waals surface area contributed by atoms with Gasteiger partial charge in [0, 0.05) is 13.1 Å². The highest BCUT2D eigenvalue weighted by Gasteiger charge is 2.34. The summed E-state index contributed by atoms with van der Waals surface area (Å²) in [5, 5.41) is 0. The van der Waals surface area contributed by atoms with Crippen LogP contribution in [0.15, 0.2) is 12.1 Å². The van der Waals surface area contributed by atoms with E-state index in [1.807, 2.05) is 0 Å². The zero-order valence-corrected chi connectivity index (χ0v) is 15.7. The molecule has 0 aliphatic carbocycles. The molecule has 1 aromatic rings. The SMILES string of the molecule is CN.COc1cc2c(cc1OC)C1COC(CC(C)C)CN1CC2. The molecule has 0 saturated carbocycles. The predicted molar refractivity (Wildman–Crippen MR) is 96.9 cm³/mol. The highest BCUT2D eigenvalue weighted by molar-refractivity contribution is 5.49. The van der Waals surface area contributed by atoms with Gasteiger partial charge in [-0.05, 0) is 49.1 Å². The predicted octanol–water partition coefficient (Wildman–Crippen LogP) is 2.62. The molecule has 1 saturated heterocycles. The Morgan fingerprint density at radius 2 is 1.88 bits per heavy atom. The van der Waals surface area contributed by atoms with Crippen molar-refractivity contribution in [3.05, 3.63) is 23.3 Å². The molecule has 2 N–H and O–H groups in total. The molecule has 0 radical (unpaired) electrons. The molecule has 5 nitrogen and oxygen atoms in total. The van der Waals surface area contributed by atoms with Crippen molar-refractivity contribution in [2.45, 2.75) is 38.8 Å². The van der Waals surface area contributed by atoms with Crippen molar-refractivity contribution in [1.82, 2.24) is 4.90 Å². The van der Waals surface area contributed by atoms with Crippen molar-refractivity contribution < 1.29 is 14.2 Å². The van der Waals surface area contributed by atoms with E-state index in [1.165, 1.54) is 18.2 Å². The van der Waals surface area contributed by atoms with E-state index in [9.17, 15) is 0 Å². The zero-order chi connectivity index (χ0) is 17.7. The lowest BCUT2D eigenvalue weighted by Crippen LogP contribution is -2.48. The number of benzene rings is 1. The van der Waals surface area contributed by atoms with Crippen LogP contribution in [-0.2, 0) is 11.2 Å². The minimum Gasteiger partial charge on any atom is -0.493 e. The first-order valence-corrected chi connectivity index (χ1v) is 8.80. The summed E-state index contributed by atoms with van der Waals surface area (Å²) in [5.74, 6) is 2.32. The highest BCUT2D eigenvalue weighted by Crippen LogP contribution is 2.39. The van der Waals surface area contributed by atoms with Crippen LogP contribution < -0.4 is 15.2 Å². The van der Waals surface area contributed by atoms with E-state index in [0.29, 0.717) is 18.1 Å². The average Bonchev–Trinajstić information content (AvgIpc) is 2.61. The molecule has 2 unspecified atom stereocenters. The van der Waals surface area contributed by atoms with Crippen LogP contribution in [0.5, 0.6) is 11.5 Å². The summed E-state index contributed by atoms with van der Waals surface area (Å²) in [6.45, 7) is 7.44. The topological polar surface area (TPSA) is 57.0 Å². The number of hydrogen-bond donors (Lipinski definition) is 1. The average molecular weight is 336 g/mol. The van der Waals surface area contributed by atoms with Crippen LogP contribution in [-0.4, -0.2) is 52.0 Å². The molecule has 0 amide bonds. The quantitative estimate of drug-likeness (QED) is 0.916. The first kappa shape index (κ1) is 19.0. The van der Waals surface area contributed by atoms with E-state index in [4.69, 9.17) is 14.2 Å². The third-order valence-corrected chi connectivity index (χ3v) is 4.78. The fraction of sp³-hybridized carbons (Fsp3) is 0.684. The molecule has 1 aromatic carbocycles. The Balaban J connectivity index is 0.00000100. The van der Waals surface area contributed by atoms with Gasteiger partial charge in [-0.25, -0.2) is 0 Å². The summed E-state index contributed by atoms with van der Waals surface area (Å²) in [5.41, 5.74) is 7.21. The Hall–Kier alpha value is -1.30. The molecule has 136 valence electrons. The van der Waals surface area contributed by atoms with Crippen LogP contribution in [0.1, 0.15) is 37.4 Å². The summed E-state index contributed by atoms with van der Waals surface area (Å²) >= 11 is 0. The number of rotatable bonds is 4. The second-order valence-corrected chi connectivity index (χ2v) is 6.75. The van der Waals surface area contributed by atoms with Gasteiger partial charge >= 0.3 is 0 Å². The zero-order valence-electron chi connectivity index (χ0n) is 15.7. The summed E-state index contributed by atoms with van der Waals surface area (Å²) in [7, 11) is 4.89. The van der Waals surface area contributed by atoms with Crippen LogP contribution in [0.3, 0.4) is 0 Å². The third kappa shape index (κ3) is 4.02. The Labute approximate surface area is 146 Å². The Morgan fingerprint density at radius 1 is 1.21 bits per heavy atom. The highest BCUT2D eigenvalue weighted by atomic mass is 16.5. The van der Waals surface area contributed by atoms with Gasteiger partial charge in [0.25, 0.3) is 0 Å². The number of fused-ring (bicyclic) bond motifs is 3. The number of nitrogens with zero attached hydrogens (tertiary/aromatic N) is 1. The van der Waals surface area contributed by atoms with Gasteiger partial charge in [0.05, 0.1) is 33.0 Å². The first-order chi connectivity index (χ1) is 11.6. The van der Waals surface area contributed by atoms with Gasteiger partial charge in [0.2, 0.25) is 0 Å². The van der Waals surface area contributed by atoms with Crippen molar-refractivity contribution >= 4 is 0 Å². The Morgan fingerprint density at radius 3 is 2.50 bits per heavy atom. The van der Waals surface area contributed by atoms with E-state index in [1.54, 1.807) is 14.2 Å². The molecule has 2 heterocycles. The van der Waals surface area contributed by atoms with Crippen LogP contribution in [0.2, 0.25) is 0 Å². The van der Waals surface area contributed by atoms with Gasteiger partial charge < -0.3 is 19.9 Å². The van der Waals surface area contributed by atoms with E-state index >= 15 is 0 Å². The van der Waals surface area contributed by atoms with Crippen molar-refractivity contribution in [3.8, 4) is 11.5 Å². The van der Waals surface area contributed by atoms with E-state index in [-0.39, 0.29) is 0 Å². The van der Waals surface area contributed by atoms with Crippen LogP contribution in [0, 0.1) is 5.92 Å². The first-order valence-electron chi connectivity index (χ1n) is 8.80. The van der Waals surface area contributed by atoms with Crippen molar-refractivity contribution in [2.75, 3.05) is 41.0 Å². The third-order valence-electron chi connectivity index (χ3n) is 4.78. The summed E-state index contributed by atoms with van der Waals surface area (Å²) < 4.78 is 17.0. The van der Waals surface area contributed by atoms with Gasteiger partial charge in [0.1, 0.15) is 0 Å². The standard InChI is InChI=1S/C18H27NO3.CH5N/c1-12(2)7-14-10-19-6-5-13-8-17(20-3)18(21-4)9-15(13)16(19)11-22-14;1-2/h8-9,12,14,16H,5-7,10-11H2,1-4H3;2H2,1H3. The molecule has 1 fully saturated rings. The van der Waals surface area contributed by atoms with Crippen LogP contribution in [0.25, 0.3) is 0 Å². The largest absolute Gasteiger partial charge is 0.493 e.